The third kappa shape index (κ3) is 4.44. The topological polar surface area (TPSA) is 62.6 Å². The molecule has 4 rings (SSSR count). The fraction of sp³-hybridized carbons (Fsp3) is 0.476. The van der Waals surface area contributed by atoms with Gasteiger partial charge in [0.15, 0.2) is 0 Å². The van der Waals surface area contributed by atoms with E-state index < -0.39 is 10.0 Å². The Kier molecular flexibility index (Phi) is 5.86. The summed E-state index contributed by atoms with van der Waals surface area (Å²) in [4.78, 5) is 15.4. The molecule has 1 aromatic heterocycles. The highest BCUT2D eigenvalue weighted by atomic mass is 79.9. The molecule has 2 aromatic rings. The van der Waals surface area contributed by atoms with Crippen molar-refractivity contribution in [2.45, 2.75) is 49.6 Å². The van der Waals surface area contributed by atoms with Gasteiger partial charge in [-0.15, -0.1) is 0 Å². The number of sulfonamides is 1. The number of piperidine rings is 1. The van der Waals surface area contributed by atoms with Gasteiger partial charge in [-0.25, -0.2) is 8.42 Å². The SMILES string of the molecule is Cn1cc(S(=O)(=O)N2CCCCC2)cc1C(=O)N(Cc1cccc(Br)c1)C1CC1. The molecule has 0 spiro atoms. The van der Waals surface area contributed by atoms with Crippen LogP contribution in [0.4, 0.5) is 0 Å². The van der Waals surface area contributed by atoms with Crippen molar-refractivity contribution in [2.75, 3.05) is 13.1 Å². The largest absolute Gasteiger partial charge is 0.345 e. The van der Waals surface area contributed by atoms with Crippen LogP contribution >= 0.6 is 15.9 Å². The minimum absolute atomic E-state index is 0.116. The van der Waals surface area contributed by atoms with Gasteiger partial charge < -0.3 is 9.47 Å². The number of hydrogen-bond donors (Lipinski definition) is 0. The van der Waals surface area contributed by atoms with Crippen molar-refractivity contribution in [3.8, 4) is 0 Å². The van der Waals surface area contributed by atoms with E-state index in [2.05, 4.69) is 15.9 Å². The van der Waals surface area contributed by atoms with Gasteiger partial charge in [-0.05, 0) is 49.4 Å². The molecule has 2 aliphatic rings. The molecule has 1 aliphatic heterocycles. The normalized spacial score (nSPS) is 18.0. The van der Waals surface area contributed by atoms with Gasteiger partial charge in [-0.3, -0.25) is 4.79 Å². The average molecular weight is 480 g/mol. The van der Waals surface area contributed by atoms with Crippen LogP contribution in [0, 0.1) is 0 Å². The molecule has 29 heavy (non-hydrogen) atoms. The Bertz CT molecular complexity index is 1010. The minimum atomic E-state index is -3.56. The number of nitrogens with zero attached hydrogens (tertiary/aromatic N) is 3. The van der Waals surface area contributed by atoms with Gasteiger partial charge in [0, 0.05) is 43.4 Å². The number of amides is 1. The Balaban J connectivity index is 1.59. The number of benzene rings is 1. The van der Waals surface area contributed by atoms with Crippen molar-refractivity contribution in [3.63, 3.8) is 0 Å². The van der Waals surface area contributed by atoms with Crippen molar-refractivity contribution in [1.29, 1.82) is 0 Å². The smallest absolute Gasteiger partial charge is 0.271 e. The Hall–Kier alpha value is -1.64. The van der Waals surface area contributed by atoms with E-state index in [1.54, 1.807) is 28.2 Å². The van der Waals surface area contributed by atoms with Crippen LogP contribution in [-0.2, 0) is 23.6 Å². The summed E-state index contributed by atoms with van der Waals surface area (Å²) in [6.45, 7) is 1.62. The van der Waals surface area contributed by atoms with E-state index in [0.717, 1.165) is 42.1 Å². The summed E-state index contributed by atoms with van der Waals surface area (Å²) in [5.74, 6) is -0.116. The maximum Gasteiger partial charge on any atom is 0.271 e. The van der Waals surface area contributed by atoms with E-state index in [0.29, 0.717) is 25.3 Å². The standard InChI is InChI=1S/C21H26BrN3O3S/c1-23-15-19(29(27,28)24-10-3-2-4-11-24)13-20(23)21(26)25(18-8-9-18)14-16-6-5-7-17(22)12-16/h5-7,12-13,15,18H,2-4,8-11,14H2,1H3. The van der Waals surface area contributed by atoms with Gasteiger partial charge in [0.25, 0.3) is 5.91 Å². The number of halogens is 1. The zero-order valence-corrected chi connectivity index (χ0v) is 19.0. The second-order valence-corrected chi connectivity index (χ2v) is 10.8. The van der Waals surface area contributed by atoms with Gasteiger partial charge in [0.05, 0.1) is 0 Å². The molecule has 1 saturated carbocycles. The number of aromatic nitrogens is 1. The van der Waals surface area contributed by atoms with E-state index in [4.69, 9.17) is 0 Å². The van der Waals surface area contributed by atoms with E-state index in [1.165, 1.54) is 0 Å². The van der Waals surface area contributed by atoms with E-state index in [-0.39, 0.29) is 16.8 Å². The van der Waals surface area contributed by atoms with Crippen molar-refractivity contribution < 1.29 is 13.2 Å². The van der Waals surface area contributed by atoms with Crippen LogP contribution in [0.15, 0.2) is 45.9 Å². The van der Waals surface area contributed by atoms with Crippen molar-refractivity contribution in [1.82, 2.24) is 13.8 Å². The molecular formula is C21H26BrN3O3S. The molecule has 1 amide bonds. The monoisotopic (exact) mass is 479 g/mol. The summed E-state index contributed by atoms with van der Waals surface area (Å²) < 4.78 is 30.2. The molecule has 6 nitrogen and oxygen atoms in total. The summed E-state index contributed by atoms with van der Waals surface area (Å²) >= 11 is 3.48. The minimum Gasteiger partial charge on any atom is -0.345 e. The number of carbonyl (C=O) groups is 1. The van der Waals surface area contributed by atoms with E-state index in [1.807, 2.05) is 29.2 Å². The van der Waals surface area contributed by atoms with Crippen LogP contribution in [0.5, 0.6) is 0 Å². The molecule has 0 radical (unpaired) electrons. The van der Waals surface area contributed by atoms with Gasteiger partial charge in [-0.1, -0.05) is 34.5 Å². The molecule has 0 atom stereocenters. The van der Waals surface area contributed by atoms with Crippen LogP contribution in [0.3, 0.4) is 0 Å². The number of aryl methyl sites for hydroxylation is 1. The molecular weight excluding hydrogens is 454 g/mol. The van der Waals surface area contributed by atoms with Crippen LogP contribution < -0.4 is 0 Å². The third-order valence-corrected chi connectivity index (χ3v) is 8.00. The molecule has 1 aromatic carbocycles. The first kappa shape index (κ1) is 20.6. The van der Waals surface area contributed by atoms with Crippen LogP contribution in [0.1, 0.15) is 48.2 Å². The maximum absolute atomic E-state index is 13.3. The lowest BCUT2D eigenvalue weighted by Crippen LogP contribution is -2.35. The molecule has 2 heterocycles. The Morgan fingerprint density at radius 3 is 2.55 bits per heavy atom. The Morgan fingerprint density at radius 1 is 1.17 bits per heavy atom. The highest BCUT2D eigenvalue weighted by molar-refractivity contribution is 9.10. The Labute approximate surface area is 180 Å². The molecule has 156 valence electrons. The van der Waals surface area contributed by atoms with Gasteiger partial charge in [-0.2, -0.15) is 4.31 Å². The zero-order valence-electron chi connectivity index (χ0n) is 16.6. The predicted octanol–water partition coefficient (Wildman–Crippen LogP) is 3.77. The van der Waals surface area contributed by atoms with Crippen molar-refractivity contribution in [3.05, 3.63) is 52.3 Å². The van der Waals surface area contributed by atoms with Crippen LogP contribution in [0.2, 0.25) is 0 Å². The number of carbonyl (C=O) groups excluding carboxylic acids is 1. The van der Waals surface area contributed by atoms with Crippen molar-refractivity contribution >= 4 is 31.9 Å². The molecule has 2 fully saturated rings. The second kappa shape index (κ2) is 8.24. The highest BCUT2D eigenvalue weighted by Crippen LogP contribution is 2.31. The molecule has 0 N–H and O–H groups in total. The summed E-state index contributed by atoms with van der Waals surface area (Å²) in [6.07, 6.45) is 6.39. The van der Waals surface area contributed by atoms with E-state index in [9.17, 15) is 13.2 Å². The molecule has 0 bridgehead atoms. The molecule has 0 unspecified atom stereocenters. The lowest BCUT2D eigenvalue weighted by Gasteiger charge is -2.25. The third-order valence-electron chi connectivity index (χ3n) is 5.64. The Morgan fingerprint density at radius 2 is 1.90 bits per heavy atom. The van der Waals surface area contributed by atoms with E-state index >= 15 is 0 Å². The van der Waals surface area contributed by atoms with Gasteiger partial charge >= 0.3 is 0 Å². The summed E-state index contributed by atoms with van der Waals surface area (Å²) in [5.41, 5.74) is 1.47. The van der Waals surface area contributed by atoms with Crippen LogP contribution in [0.25, 0.3) is 0 Å². The first-order valence-electron chi connectivity index (χ1n) is 10.1. The lowest BCUT2D eigenvalue weighted by atomic mass is 10.2. The number of hydrogen-bond acceptors (Lipinski definition) is 3. The maximum atomic E-state index is 13.3. The zero-order chi connectivity index (χ0) is 20.6. The summed E-state index contributed by atoms with van der Waals surface area (Å²) in [5, 5.41) is 0. The molecule has 1 aliphatic carbocycles. The fourth-order valence-electron chi connectivity index (χ4n) is 3.87. The quantitative estimate of drug-likeness (QED) is 0.633. The second-order valence-electron chi connectivity index (χ2n) is 7.93. The average Bonchev–Trinajstić information content (AvgIpc) is 3.47. The molecule has 8 heteroatoms. The van der Waals surface area contributed by atoms with Crippen molar-refractivity contribution in [2.24, 2.45) is 7.05 Å². The first-order valence-corrected chi connectivity index (χ1v) is 12.3. The van der Waals surface area contributed by atoms with Gasteiger partial charge in [0.2, 0.25) is 10.0 Å². The fourth-order valence-corrected chi connectivity index (χ4v) is 5.91. The summed E-state index contributed by atoms with van der Waals surface area (Å²) in [7, 11) is -1.81. The lowest BCUT2D eigenvalue weighted by molar-refractivity contribution is 0.0720. The summed E-state index contributed by atoms with van der Waals surface area (Å²) in [6, 6.07) is 9.70. The van der Waals surface area contributed by atoms with Gasteiger partial charge in [0.1, 0.15) is 10.6 Å². The predicted molar refractivity (Wildman–Crippen MR) is 115 cm³/mol. The number of rotatable bonds is 6. The first-order chi connectivity index (χ1) is 13.9. The highest BCUT2D eigenvalue weighted by Gasteiger charge is 2.35. The van der Waals surface area contributed by atoms with Crippen LogP contribution in [-0.4, -0.2) is 47.2 Å². The molecule has 1 saturated heterocycles.